The minimum atomic E-state index is -1.33. The maximum absolute atomic E-state index is 12.6. The number of quaternary nitrogens is 1. The zero-order valence-corrected chi connectivity index (χ0v) is 27.6. The summed E-state index contributed by atoms with van der Waals surface area (Å²) in [7, 11) is 0. The van der Waals surface area contributed by atoms with Crippen LogP contribution in [0.4, 0.5) is 0 Å². The van der Waals surface area contributed by atoms with Crippen molar-refractivity contribution in [2.45, 2.75) is 187 Å². The molecule has 0 aromatic heterocycles. The largest absolute Gasteiger partial charge is 0.544 e. The van der Waals surface area contributed by atoms with E-state index in [1.165, 1.54) is 70.6 Å². The summed E-state index contributed by atoms with van der Waals surface area (Å²) in [4.78, 5) is 37.6. The van der Waals surface area contributed by atoms with Crippen molar-refractivity contribution in [2.24, 2.45) is 0 Å². The van der Waals surface area contributed by atoms with Crippen molar-refractivity contribution in [3.05, 3.63) is 12.2 Å². The van der Waals surface area contributed by atoms with Crippen LogP contribution in [0.15, 0.2) is 12.2 Å². The van der Waals surface area contributed by atoms with Gasteiger partial charge < -0.3 is 20.1 Å². The third-order valence-corrected chi connectivity index (χ3v) is 8.84. The van der Waals surface area contributed by atoms with Gasteiger partial charge in [0, 0.05) is 19.3 Å². The highest BCUT2D eigenvalue weighted by molar-refractivity contribution is 5.77. The first kappa shape index (κ1) is 40.1. The molecule has 0 aliphatic heterocycles. The van der Waals surface area contributed by atoms with Gasteiger partial charge in [0.05, 0.1) is 12.5 Å². The van der Waals surface area contributed by atoms with Crippen LogP contribution >= 0.6 is 0 Å². The van der Waals surface area contributed by atoms with Crippen LogP contribution in [0, 0.1) is 0 Å². The van der Waals surface area contributed by atoms with E-state index >= 15 is 0 Å². The minimum absolute atomic E-state index is 0.208. The third kappa shape index (κ3) is 15.5. The Morgan fingerprint density at radius 2 is 0.929 bits per heavy atom. The fourth-order valence-corrected chi connectivity index (χ4v) is 6.69. The van der Waals surface area contributed by atoms with Crippen LogP contribution < -0.4 is 5.11 Å². The number of carbonyl (C=O) groups is 3. The Morgan fingerprint density at radius 3 is 1.26 bits per heavy atom. The van der Waals surface area contributed by atoms with Crippen molar-refractivity contribution in [1.82, 2.24) is 0 Å². The highest BCUT2D eigenvalue weighted by atomic mass is 16.4. The van der Waals surface area contributed by atoms with Crippen molar-refractivity contribution in [3.8, 4) is 0 Å². The van der Waals surface area contributed by atoms with Crippen LogP contribution in [0.3, 0.4) is 0 Å². The molecule has 0 heterocycles. The fourth-order valence-electron chi connectivity index (χ4n) is 6.69. The van der Waals surface area contributed by atoms with Gasteiger partial charge in [0.25, 0.3) is 0 Å². The predicted octanol–water partition coefficient (Wildman–Crippen LogP) is 8.05. The molecule has 0 radical (unpaired) electrons. The van der Waals surface area contributed by atoms with E-state index in [1.807, 2.05) is 20.8 Å². The highest BCUT2D eigenvalue weighted by Gasteiger charge is 2.54. The van der Waals surface area contributed by atoms with Gasteiger partial charge in [0.15, 0.2) is 12.1 Å². The lowest BCUT2D eigenvalue weighted by Gasteiger charge is -2.52. The average Bonchev–Trinajstić information content (AvgIpc) is 2.95. The molecule has 7 heteroatoms. The molecule has 0 rings (SSSR count). The van der Waals surface area contributed by atoms with Crippen molar-refractivity contribution in [3.63, 3.8) is 0 Å². The van der Waals surface area contributed by atoms with Gasteiger partial charge in [-0.15, -0.1) is 0 Å². The molecule has 0 saturated heterocycles. The van der Waals surface area contributed by atoms with Gasteiger partial charge in [0.1, 0.15) is 6.04 Å². The van der Waals surface area contributed by atoms with Crippen LogP contribution in [0.5, 0.6) is 0 Å². The van der Waals surface area contributed by atoms with Gasteiger partial charge >= 0.3 is 11.9 Å². The number of carbonyl (C=O) groups excluding carboxylic acids is 1. The van der Waals surface area contributed by atoms with Gasteiger partial charge in [-0.2, -0.15) is 0 Å². The first-order valence-corrected chi connectivity index (χ1v) is 17.4. The van der Waals surface area contributed by atoms with E-state index in [1.54, 1.807) is 0 Å². The first-order chi connectivity index (χ1) is 20.2. The second kappa shape index (κ2) is 25.6. The van der Waals surface area contributed by atoms with E-state index in [9.17, 15) is 29.7 Å². The van der Waals surface area contributed by atoms with Crippen LogP contribution in [-0.2, 0) is 14.4 Å². The van der Waals surface area contributed by atoms with Crippen molar-refractivity contribution < 1.29 is 34.2 Å². The number of carboxylic acids is 3. The summed E-state index contributed by atoms with van der Waals surface area (Å²) < 4.78 is -0.432. The highest BCUT2D eigenvalue weighted by Crippen LogP contribution is 2.34. The van der Waals surface area contributed by atoms with Crippen molar-refractivity contribution in [1.29, 1.82) is 0 Å². The quantitative estimate of drug-likeness (QED) is 0.0493. The van der Waals surface area contributed by atoms with Crippen molar-refractivity contribution >= 4 is 17.9 Å². The number of unbranched alkanes of at least 4 members (excludes halogenated alkanes) is 14. The van der Waals surface area contributed by atoms with E-state index < -0.39 is 40.5 Å². The molecule has 0 aliphatic rings. The summed E-state index contributed by atoms with van der Waals surface area (Å²) in [6.45, 7) is 7.99. The molecule has 0 aromatic rings. The number of hydrogen-bond donors (Lipinski definition) is 2. The zero-order valence-electron chi connectivity index (χ0n) is 27.6. The molecule has 0 spiro atoms. The number of nitrogens with zero attached hydrogens (tertiary/aromatic N) is 1. The van der Waals surface area contributed by atoms with Crippen LogP contribution in [0.2, 0.25) is 0 Å². The second-order valence-electron chi connectivity index (χ2n) is 12.2. The summed E-state index contributed by atoms with van der Waals surface area (Å²) in [5, 5.41) is 33.0. The van der Waals surface area contributed by atoms with E-state index in [-0.39, 0.29) is 25.8 Å². The van der Waals surface area contributed by atoms with Crippen LogP contribution in [0.1, 0.15) is 169 Å². The lowest BCUT2D eigenvalue weighted by molar-refractivity contribution is -0.975. The molecule has 0 amide bonds. The average molecular weight is 596 g/mol. The SMILES string of the molecule is CC/C=C/CCCCCCCCCCCCCCCC[N+](C(CCC)C(=O)[O-])(C(CCC)C(=O)O)C(CCC)C(=O)O. The van der Waals surface area contributed by atoms with Crippen LogP contribution in [-0.4, -0.2) is 57.3 Å². The van der Waals surface area contributed by atoms with E-state index in [0.717, 1.165) is 25.7 Å². The number of aliphatic carboxylic acids is 3. The molecule has 3 unspecified atom stereocenters. The Labute approximate surface area is 257 Å². The molecule has 0 saturated carbocycles. The number of allylic oxidation sites excluding steroid dienone is 2. The van der Waals surface area contributed by atoms with Gasteiger partial charge in [-0.25, -0.2) is 9.59 Å². The Hall–Kier alpha value is -1.89. The lowest BCUT2D eigenvalue weighted by Crippen LogP contribution is -2.74. The molecule has 3 atom stereocenters. The predicted molar refractivity (Wildman–Crippen MR) is 170 cm³/mol. The maximum atomic E-state index is 12.6. The minimum Gasteiger partial charge on any atom is -0.544 e. The van der Waals surface area contributed by atoms with E-state index in [4.69, 9.17) is 0 Å². The van der Waals surface area contributed by atoms with Gasteiger partial charge in [-0.3, -0.25) is 4.48 Å². The smallest absolute Gasteiger partial charge is 0.362 e. The molecule has 0 fully saturated rings. The summed E-state index contributed by atoms with van der Waals surface area (Å²) >= 11 is 0. The fraction of sp³-hybridized carbons (Fsp3) is 0.857. The summed E-state index contributed by atoms with van der Waals surface area (Å²) in [5.74, 6) is -3.55. The topological polar surface area (TPSA) is 115 Å². The number of rotatable bonds is 30. The first-order valence-electron chi connectivity index (χ1n) is 17.4. The van der Waals surface area contributed by atoms with Crippen molar-refractivity contribution in [2.75, 3.05) is 6.54 Å². The Bertz CT molecular complexity index is 677. The Kier molecular flexibility index (Phi) is 24.4. The molecular weight excluding hydrogens is 530 g/mol. The van der Waals surface area contributed by atoms with Gasteiger partial charge in [0.2, 0.25) is 0 Å². The molecule has 42 heavy (non-hydrogen) atoms. The van der Waals surface area contributed by atoms with Crippen LogP contribution in [0.25, 0.3) is 0 Å². The monoisotopic (exact) mass is 595 g/mol. The Balaban J connectivity index is 4.87. The van der Waals surface area contributed by atoms with E-state index in [0.29, 0.717) is 25.7 Å². The molecule has 246 valence electrons. The second-order valence-corrected chi connectivity index (χ2v) is 12.2. The molecule has 0 bridgehead atoms. The standard InChI is InChI=1S/C35H65NO6/c1-5-9-10-11-12-13-14-15-16-17-18-19-20-21-22-23-24-25-29-36(30(26-6-2)33(37)38,31(27-7-3)34(39)40)32(28-8-4)35(41)42/h9-10,30-32H,5-8,11-29H2,1-4H3,(H2-,37,38,39,40,41,42)/b10-9+. The molecular formula is C35H65NO6. The summed E-state index contributed by atoms with van der Waals surface area (Å²) in [5.41, 5.74) is 0. The van der Waals surface area contributed by atoms with Gasteiger partial charge in [-0.1, -0.05) is 117 Å². The molecule has 0 aromatic carbocycles. The van der Waals surface area contributed by atoms with Gasteiger partial charge in [-0.05, 0) is 44.9 Å². The molecule has 0 aliphatic carbocycles. The molecule has 7 nitrogen and oxygen atoms in total. The maximum Gasteiger partial charge on any atom is 0.362 e. The number of carboxylic acid groups (broad SMARTS) is 3. The summed E-state index contributed by atoms with van der Waals surface area (Å²) in [6.07, 6.45) is 25.7. The van der Waals surface area contributed by atoms with E-state index in [2.05, 4.69) is 19.1 Å². The lowest BCUT2D eigenvalue weighted by atomic mass is 9.91. The normalized spacial score (nSPS) is 15.3. The molecule has 2 N–H and O–H groups in total. The third-order valence-electron chi connectivity index (χ3n) is 8.84. The Morgan fingerprint density at radius 1 is 0.571 bits per heavy atom. The number of hydrogen-bond acceptors (Lipinski definition) is 4. The zero-order chi connectivity index (χ0) is 31.6. The summed E-state index contributed by atoms with van der Waals surface area (Å²) in [6, 6.07) is -3.32.